The lowest BCUT2D eigenvalue weighted by atomic mass is 9.89. The van der Waals surface area contributed by atoms with Gasteiger partial charge in [-0.1, -0.05) is 41.2 Å². The van der Waals surface area contributed by atoms with Gasteiger partial charge in [0.2, 0.25) is 0 Å². The van der Waals surface area contributed by atoms with Gasteiger partial charge < -0.3 is 5.73 Å². The smallest absolute Gasteiger partial charge is 0.123 e. The second-order valence-electron chi connectivity index (χ2n) is 5.78. The van der Waals surface area contributed by atoms with Gasteiger partial charge in [-0.05, 0) is 41.7 Å². The number of halogens is 2. The van der Waals surface area contributed by atoms with E-state index in [0.717, 1.165) is 20.6 Å². The van der Waals surface area contributed by atoms with E-state index in [4.69, 9.17) is 5.73 Å². The van der Waals surface area contributed by atoms with E-state index < -0.39 is 0 Å². The molecule has 1 aromatic heterocycles. The van der Waals surface area contributed by atoms with Crippen LogP contribution in [0.15, 0.2) is 22.7 Å². The Morgan fingerprint density at radius 3 is 2.75 bits per heavy atom. The Morgan fingerprint density at radius 1 is 1.40 bits per heavy atom. The summed E-state index contributed by atoms with van der Waals surface area (Å²) in [5.74, 6) is -0.256. The van der Waals surface area contributed by atoms with Gasteiger partial charge in [-0.15, -0.1) is 5.10 Å². The highest BCUT2D eigenvalue weighted by Gasteiger charge is 2.26. The van der Waals surface area contributed by atoms with Gasteiger partial charge in [0.15, 0.2) is 0 Å². The van der Waals surface area contributed by atoms with E-state index in [2.05, 4.69) is 46.3 Å². The molecule has 0 saturated heterocycles. The standard InChI is InChI=1S/C14H17BrFN3S/c1-14(2,3)13-12(20-19-18-13)11(17)7-8-6-9(16)4-5-10(8)15/h4-6,11H,7,17H2,1-3H3. The number of hydrogen-bond acceptors (Lipinski definition) is 4. The first-order valence-corrected chi connectivity index (χ1v) is 7.88. The molecular formula is C14H17BrFN3S. The zero-order valence-electron chi connectivity index (χ0n) is 11.7. The van der Waals surface area contributed by atoms with Crippen LogP contribution in [0.4, 0.5) is 4.39 Å². The van der Waals surface area contributed by atoms with Gasteiger partial charge in [-0.3, -0.25) is 0 Å². The Bertz CT molecular complexity index is 607. The molecule has 20 heavy (non-hydrogen) atoms. The fourth-order valence-corrected chi connectivity index (χ4v) is 3.26. The van der Waals surface area contributed by atoms with Crippen molar-refractivity contribution in [3.8, 4) is 0 Å². The van der Waals surface area contributed by atoms with Crippen molar-refractivity contribution in [1.29, 1.82) is 0 Å². The molecule has 0 radical (unpaired) electrons. The Balaban J connectivity index is 2.27. The van der Waals surface area contributed by atoms with Crippen molar-refractivity contribution in [2.24, 2.45) is 5.73 Å². The molecule has 2 rings (SSSR count). The summed E-state index contributed by atoms with van der Waals surface area (Å²) in [6, 6.07) is 4.40. The fraction of sp³-hybridized carbons (Fsp3) is 0.429. The summed E-state index contributed by atoms with van der Waals surface area (Å²) in [5, 5.41) is 4.19. The van der Waals surface area contributed by atoms with Crippen molar-refractivity contribution >= 4 is 27.5 Å². The van der Waals surface area contributed by atoms with Gasteiger partial charge in [-0.2, -0.15) is 0 Å². The number of rotatable bonds is 3. The second-order valence-corrected chi connectivity index (χ2v) is 7.42. The zero-order valence-corrected chi connectivity index (χ0v) is 14.1. The zero-order chi connectivity index (χ0) is 14.9. The average molecular weight is 358 g/mol. The van der Waals surface area contributed by atoms with E-state index in [1.165, 1.54) is 23.7 Å². The number of hydrogen-bond donors (Lipinski definition) is 1. The van der Waals surface area contributed by atoms with Crippen molar-refractivity contribution < 1.29 is 4.39 Å². The first-order valence-electron chi connectivity index (χ1n) is 6.31. The Hall–Kier alpha value is -0.850. The molecule has 0 spiro atoms. The SMILES string of the molecule is CC(C)(C)c1nnsc1C(N)Cc1cc(F)ccc1Br. The lowest BCUT2D eigenvalue weighted by molar-refractivity contribution is 0.549. The largest absolute Gasteiger partial charge is 0.323 e. The molecule has 1 unspecified atom stereocenters. The van der Waals surface area contributed by atoms with E-state index in [-0.39, 0.29) is 17.3 Å². The Kier molecular flexibility index (Phi) is 4.56. The van der Waals surface area contributed by atoms with Crippen LogP contribution < -0.4 is 5.73 Å². The van der Waals surface area contributed by atoms with Gasteiger partial charge in [-0.25, -0.2) is 4.39 Å². The molecular weight excluding hydrogens is 341 g/mol. The second kappa shape index (κ2) is 5.87. The first kappa shape index (κ1) is 15.5. The molecule has 2 aromatic rings. The predicted molar refractivity (Wildman–Crippen MR) is 83.3 cm³/mol. The topological polar surface area (TPSA) is 51.8 Å². The maximum Gasteiger partial charge on any atom is 0.123 e. The predicted octanol–water partition coefficient (Wildman–Crippen LogP) is 3.98. The van der Waals surface area contributed by atoms with Crippen LogP contribution in [-0.4, -0.2) is 9.59 Å². The number of nitrogens with two attached hydrogens (primary N) is 1. The van der Waals surface area contributed by atoms with E-state index in [1.807, 2.05) is 0 Å². The highest BCUT2D eigenvalue weighted by atomic mass is 79.9. The Labute approximate surface area is 130 Å². The molecule has 2 N–H and O–H groups in total. The van der Waals surface area contributed by atoms with Crippen molar-refractivity contribution in [1.82, 2.24) is 9.59 Å². The van der Waals surface area contributed by atoms with E-state index in [9.17, 15) is 4.39 Å². The minimum atomic E-state index is -0.256. The molecule has 0 aliphatic heterocycles. The minimum Gasteiger partial charge on any atom is -0.323 e. The van der Waals surface area contributed by atoms with E-state index in [0.29, 0.717) is 6.42 Å². The molecule has 0 amide bonds. The third-order valence-electron chi connectivity index (χ3n) is 3.01. The molecule has 0 aliphatic rings. The molecule has 108 valence electrons. The quantitative estimate of drug-likeness (QED) is 0.903. The normalized spacial score (nSPS) is 13.5. The van der Waals surface area contributed by atoms with E-state index >= 15 is 0 Å². The summed E-state index contributed by atoms with van der Waals surface area (Å²) in [6.07, 6.45) is 0.547. The highest BCUT2D eigenvalue weighted by molar-refractivity contribution is 9.10. The summed E-state index contributed by atoms with van der Waals surface area (Å²) in [5.41, 5.74) is 7.95. The molecule has 3 nitrogen and oxygen atoms in total. The van der Waals surface area contributed by atoms with Crippen LogP contribution >= 0.6 is 27.5 Å². The third-order valence-corrected chi connectivity index (χ3v) is 4.64. The van der Waals surface area contributed by atoms with Crippen LogP contribution in [-0.2, 0) is 11.8 Å². The molecule has 1 aromatic carbocycles. The summed E-state index contributed by atoms with van der Waals surface area (Å²) >= 11 is 4.75. The number of benzene rings is 1. The van der Waals surface area contributed by atoms with Crippen LogP contribution in [0, 0.1) is 5.82 Å². The highest BCUT2D eigenvalue weighted by Crippen LogP contribution is 2.32. The van der Waals surface area contributed by atoms with Crippen LogP contribution in [0.1, 0.15) is 42.9 Å². The van der Waals surface area contributed by atoms with Gasteiger partial charge in [0, 0.05) is 15.9 Å². The van der Waals surface area contributed by atoms with Crippen molar-refractivity contribution in [2.45, 2.75) is 38.6 Å². The maximum absolute atomic E-state index is 13.3. The van der Waals surface area contributed by atoms with Crippen LogP contribution in [0.5, 0.6) is 0 Å². The van der Waals surface area contributed by atoms with Gasteiger partial charge in [0.25, 0.3) is 0 Å². The van der Waals surface area contributed by atoms with Crippen LogP contribution in [0.3, 0.4) is 0 Å². The first-order chi connectivity index (χ1) is 9.29. The number of aromatic nitrogens is 2. The molecule has 0 fully saturated rings. The Morgan fingerprint density at radius 2 is 2.10 bits per heavy atom. The summed E-state index contributed by atoms with van der Waals surface area (Å²) in [6.45, 7) is 6.24. The summed E-state index contributed by atoms with van der Waals surface area (Å²) < 4.78 is 18.2. The van der Waals surface area contributed by atoms with E-state index in [1.54, 1.807) is 6.07 Å². The van der Waals surface area contributed by atoms with Gasteiger partial charge in [0.1, 0.15) is 5.82 Å². The van der Waals surface area contributed by atoms with Crippen molar-refractivity contribution in [3.05, 3.63) is 44.6 Å². The molecule has 1 heterocycles. The molecule has 6 heteroatoms. The van der Waals surface area contributed by atoms with Crippen molar-refractivity contribution in [2.75, 3.05) is 0 Å². The summed E-state index contributed by atoms with van der Waals surface area (Å²) in [7, 11) is 0. The lowest BCUT2D eigenvalue weighted by Crippen LogP contribution is -2.20. The molecule has 1 atom stereocenters. The van der Waals surface area contributed by atoms with Gasteiger partial charge in [0.05, 0.1) is 10.6 Å². The van der Waals surface area contributed by atoms with Crippen molar-refractivity contribution in [3.63, 3.8) is 0 Å². The van der Waals surface area contributed by atoms with Crippen LogP contribution in [0.2, 0.25) is 0 Å². The molecule has 0 aliphatic carbocycles. The molecule has 0 bridgehead atoms. The monoisotopic (exact) mass is 357 g/mol. The molecule has 0 saturated carbocycles. The fourth-order valence-electron chi connectivity index (χ4n) is 1.99. The third kappa shape index (κ3) is 3.42. The summed E-state index contributed by atoms with van der Waals surface area (Å²) in [4.78, 5) is 0.966. The number of nitrogens with zero attached hydrogens (tertiary/aromatic N) is 2. The van der Waals surface area contributed by atoms with Crippen LogP contribution in [0.25, 0.3) is 0 Å². The van der Waals surface area contributed by atoms with Gasteiger partial charge >= 0.3 is 0 Å². The minimum absolute atomic E-state index is 0.0981. The lowest BCUT2D eigenvalue weighted by Gasteiger charge is -2.19. The maximum atomic E-state index is 13.3. The average Bonchev–Trinajstić information content (AvgIpc) is 2.82.